The Balaban J connectivity index is 1.92. The van der Waals surface area contributed by atoms with Gasteiger partial charge in [0.25, 0.3) is 0 Å². The summed E-state index contributed by atoms with van der Waals surface area (Å²) in [5.74, 6) is -0.0307. The second-order valence-electron chi connectivity index (χ2n) is 6.30. The standard InChI is InChI=1S/C15H27N5O2/c1-15(2,20-5-7-22-8-6-20)11-17-14(21)13(16-3)12-9-18-19(4)10-12/h9-10,13,16H,5-8,11H2,1-4H3,(H,17,21). The van der Waals surface area contributed by atoms with Crippen LogP contribution < -0.4 is 10.6 Å². The quantitative estimate of drug-likeness (QED) is 0.768. The zero-order valence-electron chi connectivity index (χ0n) is 13.9. The van der Waals surface area contributed by atoms with Crippen molar-refractivity contribution in [3.8, 4) is 0 Å². The van der Waals surface area contributed by atoms with E-state index < -0.39 is 0 Å². The number of aryl methyl sites for hydroxylation is 1. The highest BCUT2D eigenvalue weighted by molar-refractivity contribution is 5.83. The lowest BCUT2D eigenvalue weighted by Gasteiger charge is -2.41. The monoisotopic (exact) mass is 309 g/mol. The van der Waals surface area contributed by atoms with E-state index in [9.17, 15) is 4.79 Å². The van der Waals surface area contributed by atoms with Crippen LogP contribution >= 0.6 is 0 Å². The Morgan fingerprint density at radius 3 is 2.68 bits per heavy atom. The van der Waals surface area contributed by atoms with Gasteiger partial charge < -0.3 is 15.4 Å². The Morgan fingerprint density at radius 2 is 2.14 bits per heavy atom. The summed E-state index contributed by atoms with van der Waals surface area (Å²) >= 11 is 0. The summed E-state index contributed by atoms with van der Waals surface area (Å²) in [5.41, 5.74) is 0.777. The van der Waals surface area contributed by atoms with E-state index in [2.05, 4.69) is 34.5 Å². The van der Waals surface area contributed by atoms with Crippen molar-refractivity contribution in [2.45, 2.75) is 25.4 Å². The third-order valence-corrected chi connectivity index (χ3v) is 4.17. The molecule has 2 rings (SSSR count). The smallest absolute Gasteiger partial charge is 0.241 e. The first-order chi connectivity index (χ1) is 10.4. The van der Waals surface area contributed by atoms with Crippen LogP contribution in [0.3, 0.4) is 0 Å². The van der Waals surface area contributed by atoms with Crippen molar-refractivity contribution in [3.63, 3.8) is 0 Å². The molecule has 2 N–H and O–H groups in total. The van der Waals surface area contributed by atoms with E-state index in [1.54, 1.807) is 17.9 Å². The lowest BCUT2D eigenvalue weighted by Crippen LogP contribution is -2.56. The van der Waals surface area contributed by atoms with Gasteiger partial charge in [0.05, 0.1) is 19.4 Å². The summed E-state index contributed by atoms with van der Waals surface area (Å²) in [6.07, 6.45) is 3.57. The van der Waals surface area contributed by atoms with Crippen LogP contribution in [-0.4, -0.2) is 66.0 Å². The number of amides is 1. The molecule has 0 aliphatic carbocycles. The number of rotatable bonds is 6. The van der Waals surface area contributed by atoms with Crippen LogP contribution in [0.1, 0.15) is 25.5 Å². The summed E-state index contributed by atoms with van der Waals surface area (Å²) in [7, 11) is 3.63. The Labute approximate surface area is 132 Å². The molecular weight excluding hydrogens is 282 g/mol. The van der Waals surface area contributed by atoms with Crippen LogP contribution in [0.4, 0.5) is 0 Å². The van der Waals surface area contributed by atoms with Gasteiger partial charge in [-0.2, -0.15) is 5.10 Å². The minimum absolute atomic E-state index is 0.0307. The first-order valence-corrected chi connectivity index (χ1v) is 7.70. The van der Waals surface area contributed by atoms with Crippen molar-refractivity contribution >= 4 is 5.91 Å². The van der Waals surface area contributed by atoms with E-state index >= 15 is 0 Å². The molecule has 0 bridgehead atoms. The number of nitrogens with zero attached hydrogens (tertiary/aromatic N) is 3. The van der Waals surface area contributed by atoms with Gasteiger partial charge in [0.15, 0.2) is 0 Å². The molecular formula is C15H27N5O2. The Morgan fingerprint density at radius 1 is 1.45 bits per heavy atom. The minimum atomic E-state index is -0.380. The Hall–Kier alpha value is -1.44. The van der Waals surface area contributed by atoms with Gasteiger partial charge in [-0.1, -0.05) is 0 Å². The molecule has 0 saturated carbocycles. The highest BCUT2D eigenvalue weighted by Crippen LogP contribution is 2.16. The highest BCUT2D eigenvalue weighted by Gasteiger charge is 2.30. The van der Waals surface area contributed by atoms with Crippen molar-refractivity contribution < 1.29 is 9.53 Å². The number of likely N-dealkylation sites (N-methyl/N-ethyl adjacent to an activating group) is 1. The van der Waals surface area contributed by atoms with Crippen molar-refractivity contribution in [1.29, 1.82) is 0 Å². The third-order valence-electron chi connectivity index (χ3n) is 4.17. The number of carbonyl (C=O) groups is 1. The number of morpholine rings is 1. The van der Waals surface area contributed by atoms with Crippen LogP contribution in [0, 0.1) is 0 Å². The van der Waals surface area contributed by atoms with Crippen molar-refractivity contribution in [2.75, 3.05) is 39.9 Å². The summed E-state index contributed by atoms with van der Waals surface area (Å²) < 4.78 is 7.09. The normalized spacial score (nSPS) is 18.2. The van der Waals surface area contributed by atoms with Gasteiger partial charge in [0.2, 0.25) is 5.91 Å². The molecule has 0 aromatic carbocycles. The zero-order chi connectivity index (χ0) is 16.2. The van der Waals surface area contributed by atoms with Gasteiger partial charge >= 0.3 is 0 Å². The SMILES string of the molecule is CNC(C(=O)NCC(C)(C)N1CCOCC1)c1cnn(C)c1. The second-order valence-corrected chi connectivity index (χ2v) is 6.30. The molecule has 1 amide bonds. The van der Waals surface area contributed by atoms with Crippen LogP contribution in [-0.2, 0) is 16.6 Å². The van der Waals surface area contributed by atoms with Gasteiger partial charge in [-0.25, -0.2) is 0 Å². The topological polar surface area (TPSA) is 71.4 Å². The first kappa shape index (κ1) is 16.9. The number of hydrogen-bond donors (Lipinski definition) is 2. The molecule has 1 aliphatic rings. The molecule has 22 heavy (non-hydrogen) atoms. The number of nitrogens with one attached hydrogen (secondary N) is 2. The van der Waals surface area contributed by atoms with Crippen molar-refractivity contribution in [3.05, 3.63) is 18.0 Å². The van der Waals surface area contributed by atoms with Crippen LogP contribution in [0.25, 0.3) is 0 Å². The summed E-state index contributed by atoms with van der Waals surface area (Å²) in [4.78, 5) is 14.8. The molecule has 0 spiro atoms. The maximum atomic E-state index is 12.5. The van der Waals surface area contributed by atoms with Gasteiger partial charge in [0, 0.05) is 44.0 Å². The van der Waals surface area contributed by atoms with Crippen molar-refractivity contribution in [1.82, 2.24) is 25.3 Å². The summed E-state index contributed by atoms with van der Waals surface area (Å²) in [5, 5.41) is 10.2. The maximum Gasteiger partial charge on any atom is 0.241 e. The van der Waals surface area contributed by atoms with Crippen LogP contribution in [0.5, 0.6) is 0 Å². The van der Waals surface area contributed by atoms with E-state index in [0.717, 1.165) is 31.9 Å². The highest BCUT2D eigenvalue weighted by atomic mass is 16.5. The molecule has 7 nitrogen and oxygen atoms in total. The maximum absolute atomic E-state index is 12.5. The van der Waals surface area contributed by atoms with Gasteiger partial charge in [-0.05, 0) is 20.9 Å². The molecule has 1 saturated heterocycles. The average Bonchev–Trinajstić information content (AvgIpc) is 2.93. The number of carbonyl (C=O) groups excluding carboxylic acids is 1. The van der Waals surface area contributed by atoms with Gasteiger partial charge in [0.1, 0.15) is 6.04 Å². The van der Waals surface area contributed by atoms with Gasteiger partial charge in [-0.15, -0.1) is 0 Å². The Bertz CT molecular complexity index is 494. The number of ether oxygens (including phenoxy) is 1. The summed E-state index contributed by atoms with van der Waals surface area (Å²) in [6, 6.07) is -0.380. The molecule has 7 heteroatoms. The molecule has 1 atom stereocenters. The molecule has 1 fully saturated rings. The van der Waals surface area contributed by atoms with E-state index in [-0.39, 0.29) is 17.5 Å². The predicted octanol–water partition coefficient (Wildman–Crippen LogP) is -0.0924. The molecule has 1 aromatic rings. The van der Waals surface area contributed by atoms with Crippen molar-refractivity contribution in [2.24, 2.45) is 7.05 Å². The fourth-order valence-electron chi connectivity index (χ4n) is 2.72. The van der Waals surface area contributed by atoms with E-state index in [4.69, 9.17) is 4.74 Å². The molecule has 1 unspecified atom stereocenters. The molecule has 2 heterocycles. The van der Waals surface area contributed by atoms with E-state index in [1.807, 2.05) is 13.2 Å². The van der Waals surface area contributed by atoms with Gasteiger partial charge in [-0.3, -0.25) is 14.4 Å². The lowest BCUT2D eigenvalue weighted by molar-refractivity contribution is -0.124. The fraction of sp³-hybridized carbons (Fsp3) is 0.733. The number of hydrogen-bond acceptors (Lipinski definition) is 5. The largest absolute Gasteiger partial charge is 0.379 e. The fourth-order valence-corrected chi connectivity index (χ4v) is 2.72. The third kappa shape index (κ3) is 4.06. The predicted molar refractivity (Wildman–Crippen MR) is 84.5 cm³/mol. The minimum Gasteiger partial charge on any atom is -0.379 e. The second kappa shape index (κ2) is 7.21. The first-order valence-electron chi connectivity index (χ1n) is 7.70. The van der Waals surface area contributed by atoms with E-state index in [0.29, 0.717) is 6.54 Å². The molecule has 0 radical (unpaired) electrons. The lowest BCUT2D eigenvalue weighted by atomic mass is 10.0. The molecule has 124 valence electrons. The average molecular weight is 309 g/mol. The molecule has 1 aromatic heterocycles. The Kier molecular flexibility index (Phi) is 5.55. The zero-order valence-corrected chi connectivity index (χ0v) is 13.9. The molecule has 1 aliphatic heterocycles. The summed E-state index contributed by atoms with van der Waals surface area (Å²) in [6.45, 7) is 8.22. The van der Waals surface area contributed by atoms with Crippen LogP contribution in [0.15, 0.2) is 12.4 Å². The van der Waals surface area contributed by atoms with E-state index in [1.165, 1.54) is 0 Å². The van der Waals surface area contributed by atoms with Crippen LogP contribution in [0.2, 0.25) is 0 Å². The number of aromatic nitrogens is 2.